The van der Waals surface area contributed by atoms with E-state index in [4.69, 9.17) is 0 Å². The number of hydrogen-bond acceptors (Lipinski definition) is 3. The van der Waals surface area contributed by atoms with E-state index in [-0.39, 0.29) is 30.1 Å². The first-order valence-corrected chi connectivity index (χ1v) is 10.6. The Bertz CT molecular complexity index is 986. The number of aryl methyl sites for hydroxylation is 1. The van der Waals surface area contributed by atoms with Crippen molar-refractivity contribution >= 4 is 11.8 Å². The first-order valence-electron chi connectivity index (χ1n) is 10.6. The fraction of sp³-hybridized carbons (Fsp3) is 0.522. The van der Waals surface area contributed by atoms with Gasteiger partial charge in [0, 0.05) is 31.1 Å². The molecule has 0 radical (unpaired) electrons. The van der Waals surface area contributed by atoms with Gasteiger partial charge in [-0.15, -0.1) is 0 Å². The van der Waals surface area contributed by atoms with Crippen molar-refractivity contribution in [3.05, 3.63) is 52.6 Å². The highest BCUT2D eigenvalue weighted by atomic mass is 19.1. The SMILES string of the molecule is Cc1nn(CC(=O)N2C[C@@H](c3ccccc3F)[C@@]3(CCCCC(=O)N3)C2)c(C)c1C. The van der Waals surface area contributed by atoms with Gasteiger partial charge in [-0.1, -0.05) is 24.6 Å². The largest absolute Gasteiger partial charge is 0.348 e. The molecule has 1 N–H and O–H groups in total. The molecular formula is C23H29FN4O2. The summed E-state index contributed by atoms with van der Waals surface area (Å²) in [7, 11) is 0. The molecule has 7 heteroatoms. The second-order valence-electron chi connectivity index (χ2n) is 8.71. The summed E-state index contributed by atoms with van der Waals surface area (Å²) in [5.41, 5.74) is 2.91. The van der Waals surface area contributed by atoms with Crippen molar-refractivity contribution in [2.24, 2.45) is 0 Å². The third-order valence-corrected chi connectivity index (χ3v) is 6.87. The maximum atomic E-state index is 14.7. The van der Waals surface area contributed by atoms with E-state index in [1.807, 2.05) is 26.8 Å². The Morgan fingerprint density at radius 3 is 2.73 bits per heavy atom. The van der Waals surface area contributed by atoms with Crippen LogP contribution in [0.3, 0.4) is 0 Å². The third kappa shape index (κ3) is 3.61. The molecule has 2 aromatic rings. The molecule has 3 heterocycles. The molecule has 6 nitrogen and oxygen atoms in total. The summed E-state index contributed by atoms with van der Waals surface area (Å²) in [5.74, 6) is -0.634. The zero-order chi connectivity index (χ0) is 21.5. The molecule has 0 saturated carbocycles. The predicted molar refractivity (Wildman–Crippen MR) is 112 cm³/mol. The van der Waals surface area contributed by atoms with Gasteiger partial charge in [0.2, 0.25) is 11.8 Å². The number of rotatable bonds is 3. The summed E-state index contributed by atoms with van der Waals surface area (Å²) in [6.07, 6.45) is 2.91. The minimum absolute atomic E-state index is 0.0164. The van der Waals surface area contributed by atoms with Crippen LogP contribution in [0.5, 0.6) is 0 Å². The van der Waals surface area contributed by atoms with E-state index in [9.17, 15) is 14.0 Å². The van der Waals surface area contributed by atoms with Crippen molar-refractivity contribution in [2.45, 2.75) is 64.5 Å². The van der Waals surface area contributed by atoms with Crippen LogP contribution in [0.15, 0.2) is 24.3 Å². The molecule has 4 rings (SSSR count). The summed E-state index contributed by atoms with van der Waals surface area (Å²) in [6.45, 7) is 6.83. The van der Waals surface area contributed by atoms with Crippen LogP contribution in [0.1, 0.15) is 54.1 Å². The van der Waals surface area contributed by atoms with Gasteiger partial charge in [0.25, 0.3) is 0 Å². The number of nitrogens with one attached hydrogen (secondary N) is 1. The second kappa shape index (κ2) is 7.85. The average molecular weight is 413 g/mol. The monoisotopic (exact) mass is 412 g/mol. The highest BCUT2D eigenvalue weighted by Crippen LogP contribution is 2.41. The van der Waals surface area contributed by atoms with Crippen LogP contribution in [-0.2, 0) is 16.1 Å². The van der Waals surface area contributed by atoms with Crippen molar-refractivity contribution in [2.75, 3.05) is 13.1 Å². The molecule has 2 aliphatic heterocycles. The second-order valence-corrected chi connectivity index (χ2v) is 8.71. The standard InChI is InChI=1S/C23H29FN4O2/c1-15-16(2)26-28(17(15)3)13-22(30)27-12-19(18-8-4-5-9-20(18)24)23(14-27)11-7-6-10-21(29)25-23/h4-5,8-9,19H,6-7,10-14H2,1-3H3,(H,25,29)/t19-,23+/m0/s1. The fourth-order valence-corrected chi connectivity index (χ4v) is 4.93. The van der Waals surface area contributed by atoms with Crippen LogP contribution in [0, 0.1) is 26.6 Å². The lowest BCUT2D eigenvalue weighted by molar-refractivity contribution is -0.131. The van der Waals surface area contributed by atoms with Gasteiger partial charge in [-0.25, -0.2) is 4.39 Å². The number of likely N-dealkylation sites (tertiary alicyclic amines) is 1. The molecule has 2 aliphatic rings. The van der Waals surface area contributed by atoms with E-state index in [0.29, 0.717) is 25.1 Å². The first-order chi connectivity index (χ1) is 14.3. The van der Waals surface area contributed by atoms with Crippen LogP contribution >= 0.6 is 0 Å². The van der Waals surface area contributed by atoms with E-state index < -0.39 is 5.54 Å². The van der Waals surface area contributed by atoms with Crippen LogP contribution < -0.4 is 5.32 Å². The number of aromatic nitrogens is 2. The topological polar surface area (TPSA) is 67.2 Å². The molecule has 0 aliphatic carbocycles. The molecule has 2 amide bonds. The van der Waals surface area contributed by atoms with Gasteiger partial charge >= 0.3 is 0 Å². The fourth-order valence-electron chi connectivity index (χ4n) is 4.93. The Hall–Kier alpha value is -2.70. The maximum absolute atomic E-state index is 14.7. The lowest BCUT2D eigenvalue weighted by Crippen LogP contribution is -2.53. The lowest BCUT2D eigenvalue weighted by atomic mass is 9.78. The molecule has 2 saturated heterocycles. The molecule has 1 spiro atoms. The zero-order valence-corrected chi connectivity index (χ0v) is 17.9. The van der Waals surface area contributed by atoms with Gasteiger partial charge < -0.3 is 10.2 Å². The van der Waals surface area contributed by atoms with Gasteiger partial charge in [0.15, 0.2) is 0 Å². The Kier molecular flexibility index (Phi) is 5.38. The molecular weight excluding hydrogens is 383 g/mol. The van der Waals surface area contributed by atoms with E-state index >= 15 is 0 Å². The van der Waals surface area contributed by atoms with E-state index in [1.54, 1.807) is 21.7 Å². The number of carbonyl (C=O) groups is 2. The Labute approximate surface area is 176 Å². The summed E-state index contributed by atoms with van der Waals surface area (Å²) < 4.78 is 16.5. The molecule has 30 heavy (non-hydrogen) atoms. The number of halogens is 1. The summed E-state index contributed by atoms with van der Waals surface area (Å²) in [5, 5.41) is 7.66. The van der Waals surface area contributed by atoms with Gasteiger partial charge in [-0.2, -0.15) is 5.10 Å². The Morgan fingerprint density at radius 1 is 1.27 bits per heavy atom. The smallest absolute Gasteiger partial charge is 0.244 e. The van der Waals surface area contributed by atoms with Crippen LogP contribution in [-0.4, -0.2) is 45.1 Å². The number of benzene rings is 1. The molecule has 160 valence electrons. The lowest BCUT2D eigenvalue weighted by Gasteiger charge is -2.34. The van der Waals surface area contributed by atoms with Crippen molar-refractivity contribution < 1.29 is 14.0 Å². The van der Waals surface area contributed by atoms with E-state index in [0.717, 1.165) is 36.2 Å². The molecule has 2 atom stereocenters. The van der Waals surface area contributed by atoms with Crippen LogP contribution in [0.25, 0.3) is 0 Å². The maximum Gasteiger partial charge on any atom is 0.244 e. The van der Waals surface area contributed by atoms with Crippen molar-refractivity contribution in [1.29, 1.82) is 0 Å². The minimum Gasteiger partial charge on any atom is -0.348 e. The summed E-state index contributed by atoms with van der Waals surface area (Å²) in [6, 6.07) is 6.70. The molecule has 1 aromatic heterocycles. The van der Waals surface area contributed by atoms with Crippen molar-refractivity contribution in [3.8, 4) is 0 Å². The first kappa shape index (κ1) is 20.6. The molecule has 1 aromatic carbocycles. The third-order valence-electron chi connectivity index (χ3n) is 6.87. The average Bonchev–Trinajstić information content (AvgIpc) is 3.10. The highest BCUT2D eigenvalue weighted by molar-refractivity contribution is 5.79. The number of amides is 2. The van der Waals surface area contributed by atoms with Crippen LogP contribution in [0.2, 0.25) is 0 Å². The normalized spacial score (nSPS) is 24.2. The number of carbonyl (C=O) groups excluding carboxylic acids is 2. The Morgan fingerprint density at radius 2 is 2.03 bits per heavy atom. The highest BCUT2D eigenvalue weighted by Gasteiger charge is 2.50. The minimum atomic E-state index is -0.629. The van der Waals surface area contributed by atoms with Gasteiger partial charge in [-0.05, 0) is 50.8 Å². The van der Waals surface area contributed by atoms with Gasteiger partial charge in [0.05, 0.1) is 11.2 Å². The number of hydrogen-bond donors (Lipinski definition) is 1. The van der Waals surface area contributed by atoms with E-state index in [1.165, 1.54) is 6.07 Å². The predicted octanol–water partition coefficient (Wildman–Crippen LogP) is 3.00. The van der Waals surface area contributed by atoms with Crippen molar-refractivity contribution in [1.82, 2.24) is 20.0 Å². The zero-order valence-electron chi connectivity index (χ0n) is 17.9. The Balaban J connectivity index is 1.64. The molecule has 2 fully saturated rings. The quantitative estimate of drug-likeness (QED) is 0.843. The van der Waals surface area contributed by atoms with E-state index in [2.05, 4.69) is 10.4 Å². The molecule has 0 bridgehead atoms. The number of nitrogens with zero attached hydrogens (tertiary/aromatic N) is 3. The van der Waals surface area contributed by atoms with Gasteiger partial charge in [0.1, 0.15) is 12.4 Å². The van der Waals surface area contributed by atoms with Crippen molar-refractivity contribution in [3.63, 3.8) is 0 Å². The summed E-state index contributed by atoms with van der Waals surface area (Å²) in [4.78, 5) is 27.4. The van der Waals surface area contributed by atoms with Gasteiger partial charge in [-0.3, -0.25) is 14.3 Å². The molecule has 0 unspecified atom stereocenters. The summed E-state index contributed by atoms with van der Waals surface area (Å²) >= 11 is 0. The van der Waals surface area contributed by atoms with Crippen LogP contribution in [0.4, 0.5) is 4.39 Å².